The molecule has 0 heterocycles. The molecule has 1 aliphatic rings. The van der Waals surface area contributed by atoms with Crippen molar-refractivity contribution >= 4 is 0 Å². The predicted octanol–water partition coefficient (Wildman–Crippen LogP) is 2.25. The molecular formula is C12H8N4. The summed E-state index contributed by atoms with van der Waals surface area (Å²) in [5.41, 5.74) is 2.02. The van der Waals surface area contributed by atoms with Crippen LogP contribution in [0.5, 0.6) is 0 Å². The van der Waals surface area contributed by atoms with E-state index >= 15 is 0 Å². The lowest BCUT2D eigenvalue weighted by Crippen LogP contribution is -2.02. The van der Waals surface area contributed by atoms with Gasteiger partial charge in [-0.3, -0.25) is 0 Å². The van der Waals surface area contributed by atoms with Gasteiger partial charge in [-0.25, -0.2) is 0 Å². The first kappa shape index (κ1) is 11.5. The third-order valence-corrected chi connectivity index (χ3v) is 2.61. The lowest BCUT2D eigenvalue weighted by molar-refractivity contribution is 0.721. The summed E-state index contributed by atoms with van der Waals surface area (Å²) in [6.07, 6.45) is 2.38. The van der Waals surface area contributed by atoms with Gasteiger partial charge in [-0.15, -0.1) is 0 Å². The minimum atomic E-state index is 0.175. The molecular weight excluding hydrogens is 200 g/mol. The van der Waals surface area contributed by atoms with Crippen molar-refractivity contribution in [1.82, 2.24) is 0 Å². The van der Waals surface area contributed by atoms with Gasteiger partial charge in [0.2, 0.25) is 0 Å². The van der Waals surface area contributed by atoms with E-state index in [0.717, 1.165) is 11.1 Å². The zero-order chi connectivity index (χ0) is 12.0. The SMILES string of the molecule is N#CC(C#N)=C1CCC(=C(C#N)C#N)CC1. The van der Waals surface area contributed by atoms with Gasteiger partial charge in [0.05, 0.1) is 0 Å². The van der Waals surface area contributed by atoms with E-state index in [2.05, 4.69) is 0 Å². The molecule has 0 amide bonds. The molecule has 1 rings (SSSR count). The molecule has 0 aromatic heterocycles. The standard InChI is InChI=1S/C12H8N4/c13-5-11(6-14)9-1-2-10(4-3-9)12(7-15)8-16/h1-4H2. The van der Waals surface area contributed by atoms with E-state index in [1.165, 1.54) is 0 Å². The fourth-order valence-corrected chi connectivity index (χ4v) is 1.72. The summed E-state index contributed by atoms with van der Waals surface area (Å²) in [7, 11) is 0. The minimum Gasteiger partial charge on any atom is -0.192 e. The van der Waals surface area contributed by atoms with E-state index in [-0.39, 0.29) is 11.1 Å². The predicted molar refractivity (Wildman–Crippen MR) is 55.0 cm³/mol. The van der Waals surface area contributed by atoms with Gasteiger partial charge >= 0.3 is 0 Å². The quantitative estimate of drug-likeness (QED) is 0.570. The van der Waals surface area contributed by atoms with Crippen LogP contribution in [-0.4, -0.2) is 0 Å². The van der Waals surface area contributed by atoms with Crippen LogP contribution in [0.3, 0.4) is 0 Å². The molecule has 0 aliphatic heterocycles. The monoisotopic (exact) mass is 208 g/mol. The Morgan fingerprint density at radius 1 is 0.625 bits per heavy atom. The molecule has 4 heteroatoms. The second-order valence-electron chi connectivity index (χ2n) is 3.40. The maximum Gasteiger partial charge on any atom is 0.128 e. The Hall–Kier alpha value is -2.56. The molecule has 0 atom stereocenters. The van der Waals surface area contributed by atoms with Gasteiger partial charge in [-0.1, -0.05) is 0 Å². The average Bonchev–Trinajstić information content (AvgIpc) is 2.34. The van der Waals surface area contributed by atoms with Crippen molar-refractivity contribution in [2.24, 2.45) is 0 Å². The van der Waals surface area contributed by atoms with Gasteiger partial charge < -0.3 is 0 Å². The Bertz CT molecular complexity index is 429. The van der Waals surface area contributed by atoms with Crippen LogP contribution in [0.15, 0.2) is 22.3 Å². The van der Waals surface area contributed by atoms with E-state index in [1.54, 1.807) is 0 Å². The van der Waals surface area contributed by atoms with Crippen LogP contribution >= 0.6 is 0 Å². The van der Waals surface area contributed by atoms with Crippen LogP contribution in [0.1, 0.15) is 25.7 Å². The molecule has 0 unspecified atom stereocenters. The highest BCUT2D eigenvalue weighted by Gasteiger charge is 2.17. The van der Waals surface area contributed by atoms with Crippen molar-refractivity contribution in [3.05, 3.63) is 22.3 Å². The molecule has 0 aromatic carbocycles. The summed E-state index contributed by atoms with van der Waals surface area (Å²) < 4.78 is 0. The Morgan fingerprint density at radius 3 is 1.06 bits per heavy atom. The van der Waals surface area contributed by atoms with Gasteiger partial charge in [0.15, 0.2) is 0 Å². The average molecular weight is 208 g/mol. The van der Waals surface area contributed by atoms with Crippen LogP contribution in [0.2, 0.25) is 0 Å². The van der Waals surface area contributed by atoms with Crippen molar-refractivity contribution in [2.45, 2.75) is 25.7 Å². The normalized spacial score (nSPS) is 14.0. The number of nitriles is 4. The van der Waals surface area contributed by atoms with Gasteiger partial charge in [-0.05, 0) is 36.8 Å². The Labute approximate surface area is 93.9 Å². The molecule has 0 N–H and O–H groups in total. The van der Waals surface area contributed by atoms with Crippen molar-refractivity contribution in [1.29, 1.82) is 21.0 Å². The Balaban J connectivity index is 2.91. The first-order valence-electron chi connectivity index (χ1n) is 4.81. The zero-order valence-electron chi connectivity index (χ0n) is 8.62. The van der Waals surface area contributed by atoms with E-state index in [4.69, 9.17) is 21.0 Å². The lowest BCUT2D eigenvalue weighted by atomic mass is 9.86. The largest absolute Gasteiger partial charge is 0.192 e. The smallest absolute Gasteiger partial charge is 0.128 e. The van der Waals surface area contributed by atoms with Crippen molar-refractivity contribution in [2.75, 3.05) is 0 Å². The molecule has 16 heavy (non-hydrogen) atoms. The topological polar surface area (TPSA) is 95.2 Å². The number of hydrogen-bond donors (Lipinski definition) is 0. The highest BCUT2D eigenvalue weighted by Crippen LogP contribution is 2.31. The molecule has 76 valence electrons. The number of hydrogen-bond acceptors (Lipinski definition) is 4. The van der Waals surface area contributed by atoms with Crippen molar-refractivity contribution in [3.63, 3.8) is 0 Å². The molecule has 0 saturated heterocycles. The maximum atomic E-state index is 8.70. The van der Waals surface area contributed by atoms with Gasteiger partial charge in [0, 0.05) is 0 Å². The van der Waals surface area contributed by atoms with E-state index < -0.39 is 0 Å². The van der Waals surface area contributed by atoms with Crippen LogP contribution in [0, 0.1) is 45.3 Å². The maximum absolute atomic E-state index is 8.70. The second-order valence-corrected chi connectivity index (χ2v) is 3.40. The Kier molecular flexibility index (Phi) is 3.85. The van der Waals surface area contributed by atoms with Crippen LogP contribution < -0.4 is 0 Å². The highest BCUT2D eigenvalue weighted by atomic mass is 14.3. The minimum absolute atomic E-state index is 0.175. The van der Waals surface area contributed by atoms with Crippen LogP contribution in [0.25, 0.3) is 0 Å². The summed E-state index contributed by atoms with van der Waals surface area (Å²) in [5, 5.41) is 34.8. The molecule has 0 bridgehead atoms. The van der Waals surface area contributed by atoms with E-state index in [1.807, 2.05) is 24.3 Å². The Morgan fingerprint density at radius 2 is 0.875 bits per heavy atom. The van der Waals surface area contributed by atoms with Crippen molar-refractivity contribution < 1.29 is 0 Å². The number of rotatable bonds is 0. The summed E-state index contributed by atoms with van der Waals surface area (Å²) in [6, 6.07) is 7.46. The molecule has 0 aromatic rings. The highest BCUT2D eigenvalue weighted by molar-refractivity contribution is 5.45. The van der Waals surface area contributed by atoms with Crippen molar-refractivity contribution in [3.8, 4) is 24.3 Å². The first-order chi connectivity index (χ1) is 7.76. The van der Waals surface area contributed by atoms with E-state index in [0.29, 0.717) is 25.7 Å². The van der Waals surface area contributed by atoms with Gasteiger partial charge in [-0.2, -0.15) is 21.0 Å². The molecule has 1 fully saturated rings. The molecule has 1 saturated carbocycles. The third kappa shape index (κ3) is 2.27. The number of nitrogens with zero attached hydrogens (tertiary/aromatic N) is 4. The van der Waals surface area contributed by atoms with Gasteiger partial charge in [0.1, 0.15) is 35.4 Å². The molecule has 4 nitrogen and oxygen atoms in total. The number of allylic oxidation sites excluding steroid dienone is 4. The summed E-state index contributed by atoms with van der Waals surface area (Å²) in [6.45, 7) is 0. The fourth-order valence-electron chi connectivity index (χ4n) is 1.72. The zero-order valence-corrected chi connectivity index (χ0v) is 8.62. The molecule has 1 aliphatic carbocycles. The third-order valence-electron chi connectivity index (χ3n) is 2.61. The fraction of sp³-hybridized carbons (Fsp3) is 0.333. The lowest BCUT2D eigenvalue weighted by Gasteiger charge is -2.17. The summed E-state index contributed by atoms with van der Waals surface area (Å²) >= 11 is 0. The van der Waals surface area contributed by atoms with Gasteiger partial charge in [0.25, 0.3) is 0 Å². The van der Waals surface area contributed by atoms with Crippen LogP contribution in [-0.2, 0) is 0 Å². The van der Waals surface area contributed by atoms with E-state index in [9.17, 15) is 0 Å². The second kappa shape index (κ2) is 5.35. The first-order valence-corrected chi connectivity index (χ1v) is 4.81. The summed E-state index contributed by atoms with van der Waals surface area (Å²) in [5.74, 6) is 0. The molecule has 0 radical (unpaired) electrons. The van der Waals surface area contributed by atoms with Crippen LogP contribution in [0.4, 0.5) is 0 Å². The summed E-state index contributed by atoms with van der Waals surface area (Å²) in [4.78, 5) is 0. The molecule has 0 spiro atoms.